The van der Waals surface area contributed by atoms with Crippen LogP contribution in [0.25, 0.3) is 0 Å². The summed E-state index contributed by atoms with van der Waals surface area (Å²) in [6, 6.07) is 5.38. The van der Waals surface area contributed by atoms with Gasteiger partial charge in [-0.1, -0.05) is 12.1 Å². The third kappa shape index (κ3) is 2.63. The van der Waals surface area contributed by atoms with Crippen molar-refractivity contribution in [3.8, 4) is 5.75 Å². The molecule has 15 heavy (non-hydrogen) atoms. The first kappa shape index (κ1) is 10.8. The first-order chi connectivity index (χ1) is 6.94. The van der Waals surface area contributed by atoms with E-state index >= 15 is 0 Å². The van der Waals surface area contributed by atoms with Crippen molar-refractivity contribution in [2.45, 2.75) is 25.2 Å². The Balaban J connectivity index is 2.28. The van der Waals surface area contributed by atoms with Crippen molar-refractivity contribution >= 4 is 19.7 Å². The summed E-state index contributed by atoms with van der Waals surface area (Å²) in [5.41, 5.74) is 1.77. The highest BCUT2D eigenvalue weighted by Gasteiger charge is 2.19. The van der Waals surface area contributed by atoms with E-state index in [9.17, 15) is 8.42 Å². The standard InChI is InChI=1S/C10H11ClO3S/c1-7-4-9-5-8(6-15(11,12)13)2-3-10(9)14-7/h2-3,5,7H,4,6H2,1H3. The lowest BCUT2D eigenvalue weighted by atomic mass is 10.1. The first-order valence-corrected chi connectivity index (χ1v) is 7.13. The largest absolute Gasteiger partial charge is 0.490 e. The van der Waals surface area contributed by atoms with Crippen LogP contribution in [0.15, 0.2) is 18.2 Å². The van der Waals surface area contributed by atoms with Gasteiger partial charge in [0.05, 0.1) is 5.75 Å². The lowest BCUT2D eigenvalue weighted by molar-refractivity contribution is 0.254. The predicted octanol–water partition coefficient (Wildman–Crippen LogP) is 2.08. The summed E-state index contributed by atoms with van der Waals surface area (Å²) in [5, 5.41) is 0. The lowest BCUT2D eigenvalue weighted by Crippen LogP contribution is -2.05. The van der Waals surface area contributed by atoms with Gasteiger partial charge in [-0.25, -0.2) is 8.42 Å². The summed E-state index contributed by atoms with van der Waals surface area (Å²) in [6.45, 7) is 1.98. The SMILES string of the molecule is CC1Cc2cc(CS(=O)(=O)Cl)ccc2O1. The molecule has 82 valence electrons. The molecule has 0 radical (unpaired) electrons. The van der Waals surface area contributed by atoms with E-state index in [4.69, 9.17) is 15.4 Å². The number of ether oxygens (including phenoxy) is 1. The smallest absolute Gasteiger partial charge is 0.236 e. The zero-order chi connectivity index (χ0) is 11.1. The van der Waals surface area contributed by atoms with Gasteiger partial charge in [-0.3, -0.25) is 0 Å². The summed E-state index contributed by atoms with van der Waals surface area (Å²) in [4.78, 5) is 0. The maximum Gasteiger partial charge on any atom is 0.236 e. The molecule has 0 saturated heterocycles. The van der Waals surface area contributed by atoms with Crippen LogP contribution in [0.2, 0.25) is 0 Å². The van der Waals surface area contributed by atoms with Crippen LogP contribution >= 0.6 is 10.7 Å². The molecule has 1 aromatic rings. The van der Waals surface area contributed by atoms with Gasteiger partial charge in [0.25, 0.3) is 0 Å². The van der Waals surface area contributed by atoms with Crippen molar-refractivity contribution < 1.29 is 13.2 Å². The molecule has 0 fully saturated rings. The Morgan fingerprint density at radius 3 is 2.93 bits per heavy atom. The molecule has 0 amide bonds. The molecule has 0 N–H and O–H groups in total. The maximum absolute atomic E-state index is 10.9. The Bertz CT molecular complexity index is 481. The Morgan fingerprint density at radius 2 is 2.27 bits per heavy atom. The average molecular weight is 247 g/mol. The van der Waals surface area contributed by atoms with Gasteiger partial charge in [-0.2, -0.15) is 0 Å². The molecule has 1 atom stereocenters. The molecule has 1 unspecified atom stereocenters. The molecule has 1 heterocycles. The van der Waals surface area contributed by atoms with Gasteiger partial charge in [0.2, 0.25) is 9.05 Å². The number of halogens is 1. The molecule has 2 rings (SSSR count). The number of hydrogen-bond acceptors (Lipinski definition) is 3. The van der Waals surface area contributed by atoms with Gasteiger partial charge >= 0.3 is 0 Å². The van der Waals surface area contributed by atoms with Crippen molar-refractivity contribution in [1.29, 1.82) is 0 Å². The Kier molecular flexibility index (Phi) is 2.64. The number of hydrogen-bond donors (Lipinski definition) is 0. The summed E-state index contributed by atoms with van der Waals surface area (Å²) in [7, 11) is 1.71. The van der Waals surface area contributed by atoms with Gasteiger partial charge in [-0.05, 0) is 24.1 Å². The lowest BCUT2D eigenvalue weighted by Gasteiger charge is -2.02. The molecule has 0 aromatic heterocycles. The highest BCUT2D eigenvalue weighted by molar-refractivity contribution is 8.13. The minimum absolute atomic E-state index is 0.129. The van der Waals surface area contributed by atoms with Crippen molar-refractivity contribution in [3.05, 3.63) is 29.3 Å². The van der Waals surface area contributed by atoms with Crippen LogP contribution in [-0.4, -0.2) is 14.5 Å². The highest BCUT2D eigenvalue weighted by Crippen LogP contribution is 2.29. The van der Waals surface area contributed by atoms with Crippen LogP contribution in [0.1, 0.15) is 18.1 Å². The minimum atomic E-state index is -3.48. The first-order valence-electron chi connectivity index (χ1n) is 4.65. The van der Waals surface area contributed by atoms with Gasteiger partial charge in [0, 0.05) is 17.1 Å². The molecule has 1 aliphatic rings. The van der Waals surface area contributed by atoms with E-state index in [2.05, 4.69) is 0 Å². The normalized spacial score (nSPS) is 19.7. The Hall–Kier alpha value is -0.740. The summed E-state index contributed by atoms with van der Waals surface area (Å²) < 4.78 is 27.3. The molecular weight excluding hydrogens is 236 g/mol. The molecule has 0 saturated carbocycles. The summed E-state index contributed by atoms with van der Waals surface area (Å²) in [5.74, 6) is 0.717. The van der Waals surface area contributed by atoms with Crippen LogP contribution in [0.4, 0.5) is 0 Å². The van der Waals surface area contributed by atoms with E-state index in [1.807, 2.05) is 13.0 Å². The van der Waals surface area contributed by atoms with E-state index in [0.29, 0.717) is 5.56 Å². The molecule has 0 aliphatic carbocycles. The van der Waals surface area contributed by atoms with Crippen LogP contribution in [0, 0.1) is 0 Å². The molecule has 3 nitrogen and oxygen atoms in total. The van der Waals surface area contributed by atoms with Crippen LogP contribution in [0.5, 0.6) is 5.75 Å². The number of benzene rings is 1. The predicted molar refractivity (Wildman–Crippen MR) is 58.7 cm³/mol. The van der Waals surface area contributed by atoms with E-state index < -0.39 is 9.05 Å². The Morgan fingerprint density at radius 1 is 1.53 bits per heavy atom. The molecule has 5 heteroatoms. The molecule has 1 aromatic carbocycles. The van der Waals surface area contributed by atoms with E-state index in [-0.39, 0.29) is 11.9 Å². The fraction of sp³-hybridized carbons (Fsp3) is 0.400. The third-order valence-corrected chi connectivity index (χ3v) is 3.30. The van der Waals surface area contributed by atoms with Crippen molar-refractivity contribution in [2.24, 2.45) is 0 Å². The van der Waals surface area contributed by atoms with Crippen LogP contribution in [-0.2, 0) is 21.2 Å². The zero-order valence-electron chi connectivity index (χ0n) is 8.23. The zero-order valence-corrected chi connectivity index (χ0v) is 9.81. The second-order valence-electron chi connectivity index (χ2n) is 3.76. The Labute approximate surface area is 93.4 Å². The third-order valence-electron chi connectivity index (χ3n) is 2.30. The molecule has 0 bridgehead atoms. The topological polar surface area (TPSA) is 43.4 Å². The van der Waals surface area contributed by atoms with E-state index in [1.54, 1.807) is 12.1 Å². The monoisotopic (exact) mass is 246 g/mol. The van der Waals surface area contributed by atoms with Crippen molar-refractivity contribution in [2.75, 3.05) is 0 Å². The second kappa shape index (κ2) is 3.68. The van der Waals surface area contributed by atoms with Crippen molar-refractivity contribution in [1.82, 2.24) is 0 Å². The van der Waals surface area contributed by atoms with E-state index in [0.717, 1.165) is 17.7 Å². The molecular formula is C10H11ClO3S. The average Bonchev–Trinajstić information content (AvgIpc) is 2.40. The fourth-order valence-electron chi connectivity index (χ4n) is 1.76. The summed E-state index contributed by atoms with van der Waals surface area (Å²) >= 11 is 0. The van der Waals surface area contributed by atoms with E-state index in [1.165, 1.54) is 0 Å². The molecule has 0 spiro atoms. The van der Waals surface area contributed by atoms with Gasteiger partial charge in [0.1, 0.15) is 11.9 Å². The fourth-order valence-corrected chi connectivity index (χ4v) is 2.72. The highest BCUT2D eigenvalue weighted by atomic mass is 35.7. The quantitative estimate of drug-likeness (QED) is 0.751. The van der Waals surface area contributed by atoms with Crippen LogP contribution < -0.4 is 4.74 Å². The number of rotatable bonds is 2. The van der Waals surface area contributed by atoms with Gasteiger partial charge in [-0.15, -0.1) is 0 Å². The van der Waals surface area contributed by atoms with Crippen molar-refractivity contribution in [3.63, 3.8) is 0 Å². The van der Waals surface area contributed by atoms with Crippen LogP contribution in [0.3, 0.4) is 0 Å². The van der Waals surface area contributed by atoms with Gasteiger partial charge in [0.15, 0.2) is 0 Å². The summed E-state index contributed by atoms with van der Waals surface area (Å²) in [6.07, 6.45) is 0.994. The molecule has 1 aliphatic heterocycles. The maximum atomic E-state index is 10.9. The minimum Gasteiger partial charge on any atom is -0.490 e. The van der Waals surface area contributed by atoms with Gasteiger partial charge < -0.3 is 4.74 Å². The number of fused-ring (bicyclic) bond motifs is 1. The second-order valence-corrected chi connectivity index (χ2v) is 6.53.